The van der Waals surface area contributed by atoms with Crippen LogP contribution in [0.4, 0.5) is 0 Å². The number of benzene rings is 2. The third-order valence-electron chi connectivity index (χ3n) is 4.73. The van der Waals surface area contributed by atoms with E-state index >= 15 is 0 Å². The molecule has 0 saturated carbocycles. The lowest BCUT2D eigenvalue weighted by atomic mass is 10.2. The molecular formula is C22H24N4O2S. The van der Waals surface area contributed by atoms with Crippen molar-refractivity contribution < 1.29 is 9.53 Å². The summed E-state index contributed by atoms with van der Waals surface area (Å²) in [5.41, 5.74) is 3.65. The van der Waals surface area contributed by atoms with Crippen LogP contribution in [0.3, 0.4) is 0 Å². The van der Waals surface area contributed by atoms with Gasteiger partial charge in [0, 0.05) is 25.1 Å². The molecule has 7 heteroatoms. The van der Waals surface area contributed by atoms with Crippen LogP contribution in [0.5, 0.6) is 0 Å². The first kappa shape index (κ1) is 19.7. The molecule has 0 saturated heterocycles. The zero-order valence-corrected chi connectivity index (χ0v) is 17.4. The summed E-state index contributed by atoms with van der Waals surface area (Å²) < 4.78 is 7.37. The van der Waals surface area contributed by atoms with Crippen molar-refractivity contribution in [3.05, 3.63) is 48.5 Å². The first-order valence-corrected chi connectivity index (χ1v) is 10.7. The summed E-state index contributed by atoms with van der Waals surface area (Å²) in [6.45, 7) is 5.84. The van der Waals surface area contributed by atoms with Crippen LogP contribution in [0, 0.1) is 0 Å². The van der Waals surface area contributed by atoms with Crippen LogP contribution in [-0.2, 0) is 9.53 Å². The number of nitrogens with zero attached hydrogens (tertiary/aromatic N) is 3. The van der Waals surface area contributed by atoms with Gasteiger partial charge in [-0.2, -0.15) is 0 Å². The molecule has 0 fully saturated rings. The van der Waals surface area contributed by atoms with E-state index in [4.69, 9.17) is 14.7 Å². The Hall–Kier alpha value is -2.64. The van der Waals surface area contributed by atoms with Gasteiger partial charge in [0.05, 0.1) is 21.8 Å². The van der Waals surface area contributed by atoms with Crippen LogP contribution in [0.2, 0.25) is 0 Å². The number of nitrogens with one attached hydrogen (secondary N) is 1. The number of thioether (sulfide) groups is 1. The second-order valence-electron chi connectivity index (χ2n) is 6.77. The summed E-state index contributed by atoms with van der Waals surface area (Å²) >= 11 is 1.45. The van der Waals surface area contributed by atoms with Gasteiger partial charge in [-0.3, -0.25) is 9.20 Å². The highest BCUT2D eigenvalue weighted by atomic mass is 32.2. The molecule has 1 amide bonds. The number of imidazole rings is 1. The molecule has 0 aliphatic carbocycles. The highest BCUT2D eigenvalue weighted by molar-refractivity contribution is 8.00. The fraction of sp³-hybridized carbons (Fsp3) is 0.318. The number of carbonyl (C=O) groups is 1. The summed E-state index contributed by atoms with van der Waals surface area (Å²) in [7, 11) is 0. The predicted molar refractivity (Wildman–Crippen MR) is 117 cm³/mol. The van der Waals surface area contributed by atoms with Crippen molar-refractivity contribution in [2.75, 3.05) is 19.8 Å². The lowest BCUT2D eigenvalue weighted by Crippen LogP contribution is -2.32. The van der Waals surface area contributed by atoms with Gasteiger partial charge in [0.2, 0.25) is 5.91 Å². The number of fused-ring (bicyclic) bond motifs is 5. The fourth-order valence-corrected chi connectivity index (χ4v) is 4.23. The summed E-state index contributed by atoms with van der Waals surface area (Å²) in [6, 6.07) is 16.0. The molecule has 4 rings (SSSR count). The van der Waals surface area contributed by atoms with Gasteiger partial charge in [0.1, 0.15) is 5.65 Å². The number of carbonyl (C=O) groups excluding carboxylic acids is 1. The molecule has 1 N–H and O–H groups in total. The van der Waals surface area contributed by atoms with Crippen molar-refractivity contribution in [3.8, 4) is 0 Å². The first-order valence-electron chi connectivity index (χ1n) is 9.87. The molecule has 6 nitrogen and oxygen atoms in total. The minimum absolute atomic E-state index is 0.000900. The average Bonchev–Trinajstić information content (AvgIpc) is 3.13. The van der Waals surface area contributed by atoms with Gasteiger partial charge in [-0.25, -0.2) is 9.97 Å². The maximum absolute atomic E-state index is 12.6. The second kappa shape index (κ2) is 8.80. The highest BCUT2D eigenvalue weighted by Crippen LogP contribution is 2.30. The number of hydrogen-bond acceptors (Lipinski definition) is 5. The SMILES string of the molecule is CCOCCCNC(=O)C(C)Sc1nc2ccccc2c2nc3ccccc3n12. The monoisotopic (exact) mass is 408 g/mol. The number of hydrogen-bond donors (Lipinski definition) is 1. The van der Waals surface area contributed by atoms with Crippen LogP contribution >= 0.6 is 11.8 Å². The minimum Gasteiger partial charge on any atom is -0.382 e. The van der Waals surface area contributed by atoms with Gasteiger partial charge < -0.3 is 10.1 Å². The summed E-state index contributed by atoms with van der Waals surface area (Å²) in [5, 5.41) is 4.48. The molecule has 0 spiro atoms. The lowest BCUT2D eigenvalue weighted by molar-refractivity contribution is -0.120. The predicted octanol–water partition coefficient (Wildman–Crippen LogP) is 4.06. The standard InChI is InChI=1S/C22H24N4O2S/c1-3-28-14-8-13-23-21(27)15(2)29-22-25-17-10-5-4-9-16(17)20-24-18-11-6-7-12-19(18)26(20)22/h4-7,9-12,15H,3,8,13-14H2,1-2H3,(H,23,27). The molecule has 0 aliphatic rings. The molecular weight excluding hydrogens is 384 g/mol. The molecule has 4 aromatic rings. The van der Waals surface area contributed by atoms with Crippen molar-refractivity contribution in [3.63, 3.8) is 0 Å². The molecule has 1 atom stereocenters. The van der Waals surface area contributed by atoms with Gasteiger partial charge in [0.15, 0.2) is 5.16 Å². The topological polar surface area (TPSA) is 68.5 Å². The quantitative estimate of drug-likeness (QED) is 0.271. The van der Waals surface area contributed by atoms with Gasteiger partial charge in [-0.05, 0) is 44.5 Å². The molecule has 1 unspecified atom stereocenters. The van der Waals surface area contributed by atoms with Gasteiger partial charge >= 0.3 is 0 Å². The largest absolute Gasteiger partial charge is 0.382 e. The Morgan fingerprint density at radius 3 is 2.72 bits per heavy atom. The van der Waals surface area contributed by atoms with Crippen LogP contribution in [0.15, 0.2) is 53.7 Å². The maximum atomic E-state index is 12.6. The van der Waals surface area contributed by atoms with Crippen molar-refractivity contribution in [1.82, 2.24) is 19.7 Å². The van der Waals surface area contributed by atoms with E-state index in [0.717, 1.165) is 39.2 Å². The molecule has 0 aliphatic heterocycles. The second-order valence-corrected chi connectivity index (χ2v) is 8.08. The van der Waals surface area contributed by atoms with E-state index in [-0.39, 0.29) is 11.2 Å². The molecule has 0 radical (unpaired) electrons. The minimum atomic E-state index is -0.278. The Kier molecular flexibility index (Phi) is 5.97. The third kappa shape index (κ3) is 4.06. The van der Waals surface area contributed by atoms with Crippen molar-refractivity contribution in [1.29, 1.82) is 0 Å². The normalized spacial score (nSPS) is 12.6. The fourth-order valence-electron chi connectivity index (χ4n) is 3.28. The Morgan fingerprint density at radius 2 is 1.90 bits per heavy atom. The van der Waals surface area contributed by atoms with Crippen LogP contribution in [-0.4, -0.2) is 45.3 Å². The summed E-state index contributed by atoms with van der Waals surface area (Å²) in [4.78, 5) is 22.2. The zero-order valence-electron chi connectivity index (χ0n) is 16.6. The maximum Gasteiger partial charge on any atom is 0.233 e. The highest BCUT2D eigenvalue weighted by Gasteiger charge is 2.19. The molecule has 2 aromatic carbocycles. The zero-order chi connectivity index (χ0) is 20.2. The van der Waals surface area contributed by atoms with Gasteiger partial charge in [-0.1, -0.05) is 36.0 Å². The Labute approximate surface area is 173 Å². The number of amides is 1. The summed E-state index contributed by atoms with van der Waals surface area (Å²) in [5.74, 6) is -0.000900. The molecule has 2 heterocycles. The van der Waals surface area contributed by atoms with E-state index in [1.165, 1.54) is 11.8 Å². The molecule has 29 heavy (non-hydrogen) atoms. The first-order chi connectivity index (χ1) is 14.2. The van der Waals surface area contributed by atoms with Crippen molar-refractivity contribution in [2.24, 2.45) is 0 Å². The van der Waals surface area contributed by atoms with E-state index in [1.54, 1.807) is 0 Å². The Balaban J connectivity index is 1.64. The van der Waals surface area contributed by atoms with E-state index in [0.29, 0.717) is 19.8 Å². The van der Waals surface area contributed by atoms with E-state index in [2.05, 4.69) is 9.72 Å². The van der Waals surface area contributed by atoms with E-state index in [1.807, 2.05) is 62.4 Å². The van der Waals surface area contributed by atoms with Gasteiger partial charge in [0.25, 0.3) is 0 Å². The Morgan fingerprint density at radius 1 is 1.14 bits per heavy atom. The number of para-hydroxylation sites is 3. The molecule has 0 bridgehead atoms. The van der Waals surface area contributed by atoms with Crippen LogP contribution < -0.4 is 5.32 Å². The molecule has 2 aromatic heterocycles. The lowest BCUT2D eigenvalue weighted by Gasteiger charge is -2.14. The van der Waals surface area contributed by atoms with Crippen LogP contribution in [0.25, 0.3) is 27.6 Å². The third-order valence-corrected chi connectivity index (χ3v) is 5.79. The average molecular weight is 409 g/mol. The van der Waals surface area contributed by atoms with E-state index < -0.39 is 0 Å². The molecule has 150 valence electrons. The number of ether oxygens (including phenoxy) is 1. The van der Waals surface area contributed by atoms with Gasteiger partial charge in [-0.15, -0.1) is 0 Å². The van der Waals surface area contributed by atoms with Crippen molar-refractivity contribution in [2.45, 2.75) is 30.7 Å². The van der Waals surface area contributed by atoms with E-state index in [9.17, 15) is 4.79 Å². The Bertz CT molecular complexity index is 1160. The summed E-state index contributed by atoms with van der Waals surface area (Å²) in [6.07, 6.45) is 0.807. The van der Waals surface area contributed by atoms with Crippen molar-refractivity contribution >= 4 is 45.3 Å². The van der Waals surface area contributed by atoms with Crippen LogP contribution in [0.1, 0.15) is 20.3 Å². The number of aromatic nitrogens is 3. The number of rotatable bonds is 8. The smallest absolute Gasteiger partial charge is 0.233 e.